The molecule has 1 saturated heterocycles. The zero-order chi connectivity index (χ0) is 15.7. The Morgan fingerprint density at radius 2 is 1.95 bits per heavy atom. The number of benzene rings is 1. The van der Waals surface area contributed by atoms with E-state index in [2.05, 4.69) is 5.32 Å². The monoisotopic (exact) mass is 314 g/mol. The second-order valence-electron chi connectivity index (χ2n) is 4.84. The molecule has 22 heavy (non-hydrogen) atoms. The molecule has 1 N–H and O–H groups in total. The Bertz CT molecular complexity index is 775. The normalized spacial score (nSPS) is 16.2. The minimum Gasteiger partial charge on any atom is -0.497 e. The maximum atomic E-state index is 11.6. The molecule has 2 amide bonds. The first-order chi connectivity index (χ1) is 10.6. The number of hydrogen-bond donors (Lipinski definition) is 1. The van der Waals surface area contributed by atoms with Crippen molar-refractivity contribution in [2.24, 2.45) is 0 Å². The number of thioether (sulfide) groups is 1. The molecule has 0 atom stereocenters. The van der Waals surface area contributed by atoms with Gasteiger partial charge in [-0.05, 0) is 60.7 Å². The predicted molar refractivity (Wildman–Crippen MR) is 86.2 cm³/mol. The quantitative estimate of drug-likeness (QED) is 0.884. The number of nitrogens with zero attached hydrogens (tertiary/aromatic N) is 1. The molecule has 1 aliphatic rings. The third-order valence-corrected chi connectivity index (χ3v) is 4.13. The van der Waals surface area contributed by atoms with Crippen molar-refractivity contribution in [2.45, 2.75) is 6.92 Å². The number of methoxy groups -OCH3 is 1. The fourth-order valence-corrected chi connectivity index (χ4v) is 2.95. The van der Waals surface area contributed by atoms with Gasteiger partial charge in [-0.1, -0.05) is 0 Å². The Balaban J connectivity index is 1.92. The summed E-state index contributed by atoms with van der Waals surface area (Å²) in [6, 6.07) is 9.68. The molecule has 5 nitrogen and oxygen atoms in total. The summed E-state index contributed by atoms with van der Waals surface area (Å²) in [6.07, 6.45) is 3.65. The Hall–Kier alpha value is -2.47. The van der Waals surface area contributed by atoms with Crippen molar-refractivity contribution in [3.05, 3.63) is 52.7 Å². The largest absolute Gasteiger partial charge is 0.497 e. The molecule has 112 valence electrons. The van der Waals surface area contributed by atoms with Crippen molar-refractivity contribution < 1.29 is 14.3 Å². The maximum absolute atomic E-state index is 11.6. The first-order valence-electron chi connectivity index (χ1n) is 6.65. The summed E-state index contributed by atoms with van der Waals surface area (Å²) >= 11 is 0.920. The first-order valence-corrected chi connectivity index (χ1v) is 7.47. The highest BCUT2D eigenvalue weighted by Crippen LogP contribution is 2.27. The van der Waals surface area contributed by atoms with Crippen molar-refractivity contribution in [2.75, 3.05) is 7.11 Å². The van der Waals surface area contributed by atoms with E-state index in [0.29, 0.717) is 4.91 Å². The van der Waals surface area contributed by atoms with E-state index < -0.39 is 0 Å². The van der Waals surface area contributed by atoms with E-state index in [4.69, 9.17) is 4.74 Å². The van der Waals surface area contributed by atoms with Gasteiger partial charge in [0.15, 0.2) is 0 Å². The van der Waals surface area contributed by atoms with Crippen LogP contribution in [0, 0.1) is 6.92 Å². The molecule has 2 heterocycles. The molecule has 0 unspecified atom stereocenters. The van der Waals surface area contributed by atoms with Gasteiger partial charge in [0, 0.05) is 17.6 Å². The Labute approximate surface area is 132 Å². The zero-order valence-corrected chi connectivity index (χ0v) is 12.9. The van der Waals surface area contributed by atoms with Gasteiger partial charge in [0.05, 0.1) is 12.0 Å². The first kappa shape index (κ1) is 14.5. The minimum absolute atomic E-state index is 0.331. The van der Waals surface area contributed by atoms with E-state index in [9.17, 15) is 9.59 Å². The van der Waals surface area contributed by atoms with Gasteiger partial charge in [-0.2, -0.15) is 0 Å². The van der Waals surface area contributed by atoms with Crippen molar-refractivity contribution in [3.8, 4) is 11.4 Å². The third kappa shape index (κ3) is 2.78. The topological polar surface area (TPSA) is 60.3 Å². The molecule has 3 rings (SSSR count). The second-order valence-corrected chi connectivity index (χ2v) is 5.85. The number of aromatic nitrogens is 1. The molecule has 1 aromatic heterocycles. The summed E-state index contributed by atoms with van der Waals surface area (Å²) in [6.45, 7) is 1.99. The predicted octanol–water partition coefficient (Wildman–Crippen LogP) is 3.12. The smallest absolute Gasteiger partial charge is 0.290 e. The number of carbonyl (C=O) groups excluding carboxylic acids is 2. The van der Waals surface area contributed by atoms with Crippen LogP contribution >= 0.6 is 11.8 Å². The van der Waals surface area contributed by atoms with E-state index in [1.165, 1.54) is 0 Å². The van der Waals surface area contributed by atoms with E-state index in [0.717, 1.165) is 34.5 Å². The van der Waals surface area contributed by atoms with Crippen molar-refractivity contribution in [1.82, 2.24) is 9.88 Å². The van der Waals surface area contributed by atoms with Crippen LogP contribution in [0.3, 0.4) is 0 Å². The van der Waals surface area contributed by atoms with E-state index >= 15 is 0 Å². The molecule has 1 aliphatic heterocycles. The summed E-state index contributed by atoms with van der Waals surface area (Å²) in [7, 11) is 1.63. The molecule has 0 bridgehead atoms. The average molecular weight is 314 g/mol. The summed E-state index contributed by atoms with van der Waals surface area (Å²) in [5.41, 5.74) is 2.91. The van der Waals surface area contributed by atoms with Gasteiger partial charge in [0.2, 0.25) is 0 Å². The summed E-state index contributed by atoms with van der Waals surface area (Å²) in [4.78, 5) is 23.2. The fourth-order valence-electron chi connectivity index (χ4n) is 2.27. The minimum atomic E-state index is -0.343. The lowest BCUT2D eigenvalue weighted by Gasteiger charge is -2.06. The number of rotatable bonds is 3. The van der Waals surface area contributed by atoms with Crippen LogP contribution in [0.4, 0.5) is 4.79 Å². The van der Waals surface area contributed by atoms with E-state index in [-0.39, 0.29) is 11.1 Å². The average Bonchev–Trinajstić information content (AvgIpc) is 3.02. The number of aryl methyl sites for hydroxylation is 1. The maximum Gasteiger partial charge on any atom is 0.290 e. The highest BCUT2D eigenvalue weighted by atomic mass is 32.2. The van der Waals surface area contributed by atoms with E-state index in [1.54, 1.807) is 13.2 Å². The number of amides is 2. The molecular formula is C16H14N2O3S. The molecule has 0 saturated carbocycles. The van der Waals surface area contributed by atoms with Crippen LogP contribution in [-0.4, -0.2) is 22.8 Å². The fraction of sp³-hybridized carbons (Fsp3) is 0.125. The number of hydrogen-bond acceptors (Lipinski definition) is 4. The molecule has 2 aromatic rings. The number of nitrogens with one attached hydrogen (secondary N) is 1. The zero-order valence-electron chi connectivity index (χ0n) is 12.1. The van der Waals surface area contributed by atoms with Crippen LogP contribution in [0.15, 0.2) is 41.4 Å². The third-order valence-electron chi connectivity index (χ3n) is 3.32. The van der Waals surface area contributed by atoms with Crippen LogP contribution < -0.4 is 10.1 Å². The van der Waals surface area contributed by atoms with Crippen molar-refractivity contribution >= 4 is 29.0 Å². The lowest BCUT2D eigenvalue weighted by Crippen LogP contribution is -2.17. The van der Waals surface area contributed by atoms with Crippen LogP contribution in [0.1, 0.15) is 11.3 Å². The molecule has 1 aromatic carbocycles. The molecule has 1 fully saturated rings. The van der Waals surface area contributed by atoms with Crippen LogP contribution in [0.5, 0.6) is 5.75 Å². The highest BCUT2D eigenvalue weighted by Gasteiger charge is 2.25. The van der Waals surface area contributed by atoms with Gasteiger partial charge in [0.25, 0.3) is 11.1 Å². The van der Waals surface area contributed by atoms with Gasteiger partial charge in [-0.25, -0.2) is 0 Å². The van der Waals surface area contributed by atoms with Gasteiger partial charge in [-0.3, -0.25) is 14.9 Å². The van der Waals surface area contributed by atoms with E-state index in [1.807, 2.05) is 48.0 Å². The van der Waals surface area contributed by atoms with Gasteiger partial charge in [0.1, 0.15) is 5.75 Å². The Kier molecular flexibility index (Phi) is 3.77. The SMILES string of the molecule is COc1ccc(-n2cc(/C=C3\SC(=O)NC3=O)cc2C)cc1. The Morgan fingerprint density at radius 1 is 1.23 bits per heavy atom. The number of carbonyl (C=O) groups is 2. The van der Waals surface area contributed by atoms with Crippen LogP contribution in [0.2, 0.25) is 0 Å². The molecular weight excluding hydrogens is 300 g/mol. The molecule has 0 radical (unpaired) electrons. The van der Waals surface area contributed by atoms with Crippen LogP contribution in [-0.2, 0) is 4.79 Å². The lowest BCUT2D eigenvalue weighted by atomic mass is 10.3. The van der Waals surface area contributed by atoms with Gasteiger partial charge >= 0.3 is 0 Å². The van der Waals surface area contributed by atoms with Gasteiger partial charge in [-0.15, -0.1) is 0 Å². The second kappa shape index (κ2) is 5.73. The highest BCUT2D eigenvalue weighted by molar-refractivity contribution is 8.18. The number of imide groups is 1. The van der Waals surface area contributed by atoms with Crippen molar-refractivity contribution in [1.29, 1.82) is 0 Å². The summed E-state index contributed by atoms with van der Waals surface area (Å²) < 4.78 is 7.17. The standard InChI is InChI=1S/C16H14N2O3S/c1-10-7-11(8-14-15(19)17-16(20)22-14)9-18(10)12-3-5-13(21-2)6-4-12/h3-9H,1-2H3,(H,17,19,20)/b14-8-. The van der Waals surface area contributed by atoms with Gasteiger partial charge < -0.3 is 9.30 Å². The summed E-state index contributed by atoms with van der Waals surface area (Å²) in [5.74, 6) is 0.457. The molecule has 0 aliphatic carbocycles. The molecule has 0 spiro atoms. The van der Waals surface area contributed by atoms with Crippen LogP contribution in [0.25, 0.3) is 11.8 Å². The molecule has 6 heteroatoms. The number of ether oxygens (including phenoxy) is 1. The lowest BCUT2D eigenvalue weighted by molar-refractivity contribution is -0.115. The summed E-state index contributed by atoms with van der Waals surface area (Å²) in [5, 5.41) is 1.92. The van der Waals surface area contributed by atoms with Crippen molar-refractivity contribution in [3.63, 3.8) is 0 Å². The Morgan fingerprint density at radius 3 is 2.55 bits per heavy atom.